The van der Waals surface area contributed by atoms with Gasteiger partial charge in [-0.1, -0.05) is 26.3 Å². The third-order valence-electron chi connectivity index (χ3n) is 5.78. The predicted molar refractivity (Wildman–Crippen MR) is 134 cm³/mol. The zero-order valence-corrected chi connectivity index (χ0v) is 20.4. The molecule has 0 fully saturated rings. The van der Waals surface area contributed by atoms with Crippen molar-refractivity contribution in [1.29, 1.82) is 0 Å². The van der Waals surface area contributed by atoms with E-state index >= 15 is 0 Å². The van der Waals surface area contributed by atoms with Gasteiger partial charge in [0.2, 0.25) is 5.91 Å². The Kier molecular flexibility index (Phi) is 7.80. The Balaban J connectivity index is 1.47. The molecule has 7 nitrogen and oxygen atoms in total. The average Bonchev–Trinajstić information content (AvgIpc) is 3.10. The highest BCUT2D eigenvalue weighted by molar-refractivity contribution is 6.02. The molecule has 1 aromatic heterocycles. The van der Waals surface area contributed by atoms with E-state index in [4.69, 9.17) is 9.47 Å². The molecule has 2 heterocycles. The van der Waals surface area contributed by atoms with Gasteiger partial charge in [0.15, 0.2) is 17.3 Å². The Labute approximate surface area is 205 Å². The van der Waals surface area contributed by atoms with Crippen molar-refractivity contribution < 1.29 is 18.7 Å². The van der Waals surface area contributed by atoms with Crippen molar-refractivity contribution in [1.82, 2.24) is 14.8 Å². The van der Waals surface area contributed by atoms with E-state index in [9.17, 15) is 9.18 Å². The van der Waals surface area contributed by atoms with Crippen molar-refractivity contribution in [2.75, 3.05) is 19.0 Å². The summed E-state index contributed by atoms with van der Waals surface area (Å²) in [6, 6.07) is 10.0. The number of aromatic nitrogens is 3. The molecule has 184 valence electrons. The third-order valence-corrected chi connectivity index (χ3v) is 5.78. The molecule has 1 amide bonds. The zero-order chi connectivity index (χ0) is 24.8. The fraction of sp³-hybridized carbons (Fsp3) is 0.370. The van der Waals surface area contributed by atoms with Crippen molar-refractivity contribution in [3.63, 3.8) is 0 Å². The van der Waals surface area contributed by atoms with Crippen molar-refractivity contribution in [2.24, 2.45) is 5.92 Å². The van der Waals surface area contributed by atoms with Gasteiger partial charge in [-0.15, -0.1) is 10.2 Å². The van der Waals surface area contributed by atoms with Crippen LogP contribution in [-0.4, -0.2) is 34.4 Å². The van der Waals surface area contributed by atoms with Gasteiger partial charge in [-0.2, -0.15) is 0 Å². The number of amides is 1. The maximum Gasteiger partial charge on any atom is 0.248 e. The fourth-order valence-electron chi connectivity index (χ4n) is 3.97. The number of fused-ring (bicyclic) bond motifs is 1. The lowest BCUT2D eigenvalue weighted by Gasteiger charge is -2.12. The Morgan fingerprint density at radius 3 is 2.80 bits per heavy atom. The Morgan fingerprint density at radius 2 is 2.00 bits per heavy atom. The van der Waals surface area contributed by atoms with E-state index in [2.05, 4.69) is 33.9 Å². The first kappa shape index (κ1) is 24.4. The van der Waals surface area contributed by atoms with E-state index in [0.29, 0.717) is 35.4 Å². The smallest absolute Gasteiger partial charge is 0.248 e. The number of aryl methyl sites for hydroxylation is 1. The van der Waals surface area contributed by atoms with E-state index in [-0.39, 0.29) is 5.69 Å². The molecule has 2 aromatic carbocycles. The predicted octanol–water partition coefficient (Wildman–Crippen LogP) is 5.51. The maximum absolute atomic E-state index is 14.5. The van der Waals surface area contributed by atoms with Gasteiger partial charge in [-0.25, -0.2) is 4.39 Å². The number of hydrogen-bond donors (Lipinski definition) is 1. The van der Waals surface area contributed by atoms with Crippen LogP contribution < -0.4 is 14.8 Å². The first-order valence-corrected chi connectivity index (χ1v) is 12.0. The zero-order valence-electron chi connectivity index (χ0n) is 20.4. The van der Waals surface area contributed by atoms with Crippen LogP contribution >= 0.6 is 0 Å². The van der Waals surface area contributed by atoms with Crippen molar-refractivity contribution in [3.05, 3.63) is 59.7 Å². The second kappa shape index (κ2) is 11.2. The maximum atomic E-state index is 14.5. The second-order valence-corrected chi connectivity index (χ2v) is 9.03. The molecule has 0 aliphatic carbocycles. The van der Waals surface area contributed by atoms with Crippen LogP contribution in [0.4, 0.5) is 10.1 Å². The highest BCUT2D eigenvalue weighted by Crippen LogP contribution is 2.29. The molecule has 3 aromatic rings. The number of ether oxygens (including phenoxy) is 2. The van der Waals surface area contributed by atoms with Crippen LogP contribution in [-0.2, 0) is 17.8 Å². The summed E-state index contributed by atoms with van der Waals surface area (Å²) < 4.78 is 27.8. The summed E-state index contributed by atoms with van der Waals surface area (Å²) in [5, 5.41) is 11.3. The number of methoxy groups -OCH3 is 1. The minimum absolute atomic E-state index is 0.0955. The van der Waals surface area contributed by atoms with Crippen molar-refractivity contribution in [3.8, 4) is 22.9 Å². The van der Waals surface area contributed by atoms with Gasteiger partial charge < -0.3 is 19.4 Å². The summed E-state index contributed by atoms with van der Waals surface area (Å²) in [6.45, 7) is 5.56. The Bertz CT molecular complexity index is 1220. The molecule has 1 aliphatic rings. The number of hydrogen-bond acceptors (Lipinski definition) is 5. The van der Waals surface area contributed by atoms with Gasteiger partial charge in [0.1, 0.15) is 11.6 Å². The largest absolute Gasteiger partial charge is 0.493 e. The van der Waals surface area contributed by atoms with E-state index in [0.717, 1.165) is 43.6 Å². The molecule has 0 radical (unpaired) electrons. The first-order valence-electron chi connectivity index (χ1n) is 12.0. The quantitative estimate of drug-likeness (QED) is 0.432. The van der Waals surface area contributed by atoms with Gasteiger partial charge in [0, 0.05) is 24.6 Å². The van der Waals surface area contributed by atoms with E-state index in [1.54, 1.807) is 31.4 Å². The molecule has 8 heteroatoms. The molecule has 4 rings (SSSR count). The molecule has 0 atom stereocenters. The molecule has 0 unspecified atom stereocenters. The highest BCUT2D eigenvalue weighted by atomic mass is 19.1. The standard InChI is InChI=1S/C27H31FN4O3/c1-18(2)17-35-23-12-8-19(15-24(23)34-3)9-13-26(33)29-22-16-20(10-11-21(22)28)27-31-30-25-7-5-4-6-14-32(25)27/h8-13,15-16,18H,4-7,14,17H2,1-3H3,(H,29,33)/b13-9+. The molecule has 1 N–H and O–H groups in total. The Morgan fingerprint density at radius 1 is 1.14 bits per heavy atom. The summed E-state index contributed by atoms with van der Waals surface area (Å²) in [5.41, 5.74) is 1.57. The number of carbonyl (C=O) groups is 1. The number of carbonyl (C=O) groups excluding carboxylic acids is 1. The lowest BCUT2D eigenvalue weighted by Crippen LogP contribution is -2.10. The topological polar surface area (TPSA) is 78.3 Å². The molecule has 35 heavy (non-hydrogen) atoms. The summed E-state index contributed by atoms with van der Waals surface area (Å²) in [5.74, 6) is 2.31. The minimum Gasteiger partial charge on any atom is -0.493 e. The summed E-state index contributed by atoms with van der Waals surface area (Å²) >= 11 is 0. The number of anilines is 1. The molecule has 0 saturated heterocycles. The minimum atomic E-state index is -0.514. The van der Waals surface area contributed by atoms with Crippen LogP contribution in [0.5, 0.6) is 11.5 Å². The van der Waals surface area contributed by atoms with E-state index in [1.165, 1.54) is 12.1 Å². The molecule has 1 aliphatic heterocycles. The van der Waals surface area contributed by atoms with Crippen LogP contribution in [0.1, 0.15) is 44.5 Å². The summed E-state index contributed by atoms with van der Waals surface area (Å²) in [4.78, 5) is 12.6. The molecular formula is C27H31FN4O3. The Hall–Kier alpha value is -3.68. The monoisotopic (exact) mass is 478 g/mol. The molecular weight excluding hydrogens is 447 g/mol. The number of nitrogens with zero attached hydrogens (tertiary/aromatic N) is 3. The number of rotatable bonds is 8. The van der Waals surface area contributed by atoms with Crippen LogP contribution in [0.3, 0.4) is 0 Å². The summed E-state index contributed by atoms with van der Waals surface area (Å²) in [7, 11) is 1.57. The van der Waals surface area contributed by atoms with Crippen LogP contribution in [0, 0.1) is 11.7 Å². The van der Waals surface area contributed by atoms with Gasteiger partial charge in [-0.3, -0.25) is 4.79 Å². The van der Waals surface area contributed by atoms with Crippen LogP contribution in [0.25, 0.3) is 17.5 Å². The number of benzene rings is 2. The number of nitrogens with one attached hydrogen (secondary N) is 1. The third kappa shape index (κ3) is 6.07. The SMILES string of the molecule is COc1cc(/C=C/C(=O)Nc2cc(-c3nnc4n3CCCCC4)ccc2F)ccc1OCC(C)C. The molecule has 0 saturated carbocycles. The fourth-order valence-corrected chi connectivity index (χ4v) is 3.97. The van der Waals surface area contributed by atoms with Gasteiger partial charge in [0.05, 0.1) is 19.4 Å². The van der Waals surface area contributed by atoms with Crippen molar-refractivity contribution in [2.45, 2.75) is 46.1 Å². The molecule has 0 spiro atoms. The van der Waals surface area contributed by atoms with Crippen LogP contribution in [0.15, 0.2) is 42.5 Å². The van der Waals surface area contributed by atoms with E-state index < -0.39 is 11.7 Å². The molecule has 0 bridgehead atoms. The van der Waals surface area contributed by atoms with Gasteiger partial charge in [0.25, 0.3) is 0 Å². The lowest BCUT2D eigenvalue weighted by atomic mass is 10.1. The second-order valence-electron chi connectivity index (χ2n) is 9.03. The normalized spacial score (nSPS) is 13.5. The number of halogens is 1. The highest BCUT2D eigenvalue weighted by Gasteiger charge is 2.17. The van der Waals surface area contributed by atoms with Crippen molar-refractivity contribution >= 4 is 17.7 Å². The first-order chi connectivity index (χ1) is 16.9. The van der Waals surface area contributed by atoms with Gasteiger partial charge >= 0.3 is 0 Å². The lowest BCUT2D eigenvalue weighted by molar-refractivity contribution is -0.111. The average molecular weight is 479 g/mol. The van der Waals surface area contributed by atoms with Crippen LogP contribution in [0.2, 0.25) is 0 Å². The van der Waals surface area contributed by atoms with E-state index in [1.807, 2.05) is 12.1 Å². The van der Waals surface area contributed by atoms with Gasteiger partial charge in [-0.05, 0) is 60.7 Å². The summed E-state index contributed by atoms with van der Waals surface area (Å²) in [6.07, 6.45) is 7.19.